The Morgan fingerprint density at radius 3 is 1.85 bits per heavy atom. The zero-order valence-corrected chi connectivity index (χ0v) is 18.7. The SMILES string of the molecule is CC(C)(C)[Si](OCc1cc(Br)ccc1N)(c1ccccc1)c1ccccc1. The fourth-order valence-corrected chi connectivity index (χ4v) is 8.58. The van der Waals surface area contributed by atoms with E-state index in [9.17, 15) is 0 Å². The zero-order valence-electron chi connectivity index (χ0n) is 16.1. The van der Waals surface area contributed by atoms with E-state index in [-0.39, 0.29) is 5.04 Å². The van der Waals surface area contributed by atoms with Gasteiger partial charge in [-0.1, -0.05) is 97.4 Å². The molecule has 3 aromatic carbocycles. The van der Waals surface area contributed by atoms with Crippen molar-refractivity contribution in [1.82, 2.24) is 0 Å². The van der Waals surface area contributed by atoms with Crippen molar-refractivity contribution in [2.75, 3.05) is 5.73 Å². The average Bonchev–Trinajstić information content (AvgIpc) is 2.65. The van der Waals surface area contributed by atoms with Gasteiger partial charge in [0.1, 0.15) is 0 Å². The summed E-state index contributed by atoms with van der Waals surface area (Å²) in [6.07, 6.45) is 0. The maximum Gasteiger partial charge on any atom is 0.261 e. The maximum atomic E-state index is 6.93. The molecule has 0 aliphatic heterocycles. The molecule has 0 saturated carbocycles. The monoisotopic (exact) mass is 439 g/mol. The predicted octanol–water partition coefficient (Wildman–Crippen LogP) is 5.11. The Balaban J connectivity index is 2.13. The number of hydrogen-bond acceptors (Lipinski definition) is 2. The lowest BCUT2D eigenvalue weighted by atomic mass is 10.2. The lowest BCUT2D eigenvalue weighted by Gasteiger charge is -2.43. The van der Waals surface area contributed by atoms with Gasteiger partial charge in [0.25, 0.3) is 8.32 Å². The Morgan fingerprint density at radius 1 is 0.852 bits per heavy atom. The summed E-state index contributed by atoms with van der Waals surface area (Å²) >= 11 is 3.55. The third kappa shape index (κ3) is 4.03. The zero-order chi connectivity index (χ0) is 19.5. The van der Waals surface area contributed by atoms with Crippen molar-refractivity contribution in [2.24, 2.45) is 0 Å². The van der Waals surface area contributed by atoms with E-state index in [1.807, 2.05) is 18.2 Å². The maximum absolute atomic E-state index is 6.93. The lowest BCUT2D eigenvalue weighted by Crippen LogP contribution is -2.66. The summed E-state index contributed by atoms with van der Waals surface area (Å²) in [5, 5.41) is 2.51. The van der Waals surface area contributed by atoms with Crippen molar-refractivity contribution < 1.29 is 4.43 Å². The van der Waals surface area contributed by atoms with E-state index in [0.717, 1.165) is 15.7 Å². The number of halogens is 1. The minimum absolute atomic E-state index is 0.0452. The number of benzene rings is 3. The largest absolute Gasteiger partial charge is 0.403 e. The molecule has 0 fully saturated rings. The molecule has 0 saturated heterocycles. The molecule has 0 aliphatic carbocycles. The Bertz CT molecular complexity index is 852. The van der Waals surface area contributed by atoms with Gasteiger partial charge in [-0.25, -0.2) is 0 Å². The Hall–Kier alpha value is -1.88. The first-order valence-corrected chi connectivity index (χ1v) is 11.8. The Kier molecular flexibility index (Phi) is 5.89. The predicted molar refractivity (Wildman–Crippen MR) is 121 cm³/mol. The van der Waals surface area contributed by atoms with Gasteiger partial charge in [-0.05, 0) is 33.6 Å². The Morgan fingerprint density at radius 2 is 1.37 bits per heavy atom. The van der Waals surface area contributed by atoms with E-state index in [1.165, 1.54) is 10.4 Å². The van der Waals surface area contributed by atoms with Gasteiger partial charge in [0.2, 0.25) is 0 Å². The minimum atomic E-state index is -2.54. The fraction of sp³-hybridized carbons (Fsp3) is 0.217. The van der Waals surface area contributed by atoms with Crippen LogP contribution in [0.15, 0.2) is 83.3 Å². The molecule has 2 N–H and O–H groups in total. The van der Waals surface area contributed by atoms with Gasteiger partial charge in [-0.3, -0.25) is 0 Å². The first-order valence-electron chi connectivity index (χ1n) is 9.13. The molecule has 3 aromatic rings. The number of hydrogen-bond donors (Lipinski definition) is 1. The highest BCUT2D eigenvalue weighted by Gasteiger charge is 2.50. The van der Waals surface area contributed by atoms with Crippen molar-refractivity contribution in [1.29, 1.82) is 0 Å². The van der Waals surface area contributed by atoms with Gasteiger partial charge in [0.05, 0.1) is 6.61 Å². The molecule has 0 heterocycles. The second-order valence-corrected chi connectivity index (χ2v) is 13.0. The van der Waals surface area contributed by atoms with Gasteiger partial charge in [-0.2, -0.15) is 0 Å². The van der Waals surface area contributed by atoms with Crippen LogP contribution < -0.4 is 16.1 Å². The summed E-state index contributed by atoms with van der Waals surface area (Å²) in [4.78, 5) is 0. The molecule has 140 valence electrons. The molecule has 27 heavy (non-hydrogen) atoms. The number of rotatable bonds is 5. The third-order valence-corrected chi connectivity index (χ3v) is 10.4. The van der Waals surface area contributed by atoms with E-state index in [1.54, 1.807) is 0 Å². The van der Waals surface area contributed by atoms with Crippen molar-refractivity contribution in [2.45, 2.75) is 32.4 Å². The number of nitrogens with two attached hydrogens (primary N) is 1. The summed E-state index contributed by atoms with van der Waals surface area (Å²) < 4.78 is 7.94. The molecule has 0 unspecified atom stereocenters. The highest BCUT2D eigenvalue weighted by molar-refractivity contribution is 9.10. The second kappa shape index (κ2) is 8.01. The summed E-state index contributed by atoms with van der Waals surface area (Å²) in [7, 11) is -2.54. The van der Waals surface area contributed by atoms with Crippen LogP contribution in [0.2, 0.25) is 5.04 Å². The topological polar surface area (TPSA) is 35.2 Å². The van der Waals surface area contributed by atoms with Crippen LogP contribution in [0.25, 0.3) is 0 Å². The van der Waals surface area contributed by atoms with Crippen molar-refractivity contribution in [3.63, 3.8) is 0 Å². The Labute approximate surface area is 171 Å². The second-order valence-electron chi connectivity index (χ2n) is 7.80. The van der Waals surface area contributed by atoms with Crippen LogP contribution >= 0.6 is 15.9 Å². The third-order valence-electron chi connectivity index (χ3n) is 4.97. The van der Waals surface area contributed by atoms with E-state index >= 15 is 0 Å². The van der Waals surface area contributed by atoms with E-state index in [0.29, 0.717) is 6.61 Å². The first-order chi connectivity index (χ1) is 12.8. The average molecular weight is 440 g/mol. The first kappa shape index (κ1) is 19.9. The molecule has 0 atom stereocenters. The molecule has 0 spiro atoms. The molecule has 0 amide bonds. The molecule has 0 radical (unpaired) electrons. The summed E-state index contributed by atoms with van der Waals surface area (Å²) in [5.41, 5.74) is 7.99. The minimum Gasteiger partial charge on any atom is -0.403 e. The van der Waals surface area contributed by atoms with Gasteiger partial charge in [0, 0.05) is 15.7 Å². The van der Waals surface area contributed by atoms with E-state index in [2.05, 4.69) is 97.4 Å². The highest BCUT2D eigenvalue weighted by Crippen LogP contribution is 2.37. The molecule has 0 aromatic heterocycles. The van der Waals surface area contributed by atoms with Crippen molar-refractivity contribution in [3.05, 3.63) is 88.9 Å². The fourth-order valence-electron chi connectivity index (χ4n) is 3.65. The highest BCUT2D eigenvalue weighted by atomic mass is 79.9. The van der Waals surface area contributed by atoms with Crippen LogP contribution in [0.1, 0.15) is 26.3 Å². The van der Waals surface area contributed by atoms with Crippen LogP contribution in [0.5, 0.6) is 0 Å². The van der Waals surface area contributed by atoms with Crippen LogP contribution in [-0.4, -0.2) is 8.32 Å². The normalized spacial score (nSPS) is 12.1. The van der Waals surface area contributed by atoms with Crippen LogP contribution in [0.3, 0.4) is 0 Å². The van der Waals surface area contributed by atoms with Crippen molar-refractivity contribution in [3.8, 4) is 0 Å². The summed E-state index contributed by atoms with van der Waals surface area (Å²) in [6.45, 7) is 7.33. The lowest BCUT2D eigenvalue weighted by molar-refractivity contribution is 0.287. The van der Waals surface area contributed by atoms with Crippen molar-refractivity contribution >= 4 is 40.3 Å². The molecule has 0 aliphatic rings. The molecule has 3 rings (SSSR count). The molecular weight excluding hydrogens is 414 g/mol. The van der Waals surface area contributed by atoms with Crippen LogP contribution in [0.4, 0.5) is 5.69 Å². The standard InChI is InChI=1S/C23H26BrNOSi/c1-23(2,3)27(20-10-6-4-7-11-20,21-12-8-5-9-13-21)26-17-18-16-19(24)14-15-22(18)25/h4-16H,17,25H2,1-3H3. The quantitative estimate of drug-likeness (QED) is 0.442. The van der Waals surface area contributed by atoms with Gasteiger partial charge >= 0.3 is 0 Å². The van der Waals surface area contributed by atoms with Gasteiger partial charge in [-0.15, -0.1) is 0 Å². The molecule has 0 bridgehead atoms. The van der Waals surface area contributed by atoms with E-state index < -0.39 is 8.32 Å². The molecule has 4 heteroatoms. The van der Waals surface area contributed by atoms with Gasteiger partial charge < -0.3 is 10.2 Å². The van der Waals surface area contributed by atoms with Crippen LogP contribution in [-0.2, 0) is 11.0 Å². The smallest absolute Gasteiger partial charge is 0.261 e. The summed E-state index contributed by atoms with van der Waals surface area (Å²) in [5.74, 6) is 0. The number of nitrogen functional groups attached to an aromatic ring is 1. The van der Waals surface area contributed by atoms with Gasteiger partial charge in [0.15, 0.2) is 0 Å². The summed E-state index contributed by atoms with van der Waals surface area (Å²) in [6, 6.07) is 27.3. The number of anilines is 1. The van der Waals surface area contributed by atoms with E-state index in [4.69, 9.17) is 10.2 Å². The van der Waals surface area contributed by atoms with Crippen LogP contribution in [0, 0.1) is 0 Å². The molecular formula is C23H26BrNOSi. The molecule has 2 nitrogen and oxygen atoms in total.